The van der Waals surface area contributed by atoms with E-state index in [1.165, 1.54) is 12.5 Å². The van der Waals surface area contributed by atoms with Gasteiger partial charge in [-0.3, -0.25) is 0 Å². The average molecular weight is 157 g/mol. The van der Waals surface area contributed by atoms with Crippen LogP contribution in [0.4, 0.5) is 0 Å². The average Bonchev–Trinajstić information content (AvgIpc) is 1.54. The van der Waals surface area contributed by atoms with Crippen LogP contribution in [0, 0.1) is 5.41 Å². The Bertz CT molecular complexity index is 110. The molecule has 0 bridgehead atoms. The van der Waals surface area contributed by atoms with E-state index >= 15 is 0 Å². The maximum Gasteiger partial charge on any atom is 0.106 e. The van der Waals surface area contributed by atoms with Crippen LogP contribution >= 0.6 is 0 Å². The monoisotopic (exact) mass is 157 g/mol. The maximum atomic E-state index is 3.67. The van der Waals surface area contributed by atoms with Gasteiger partial charge < -0.3 is 4.98 Å². The lowest BCUT2D eigenvalue weighted by molar-refractivity contribution is 0.312. The van der Waals surface area contributed by atoms with Crippen molar-refractivity contribution in [2.75, 3.05) is 0 Å². The lowest BCUT2D eigenvalue weighted by Gasteiger charge is -2.37. The molecule has 0 spiro atoms. The van der Waals surface area contributed by atoms with Crippen molar-refractivity contribution in [2.45, 2.75) is 45.8 Å². The minimum absolute atomic E-state index is 0.527. The van der Waals surface area contributed by atoms with E-state index in [4.69, 9.17) is 0 Å². The summed E-state index contributed by atoms with van der Waals surface area (Å²) in [5.74, 6) is 0. The molecule has 1 nitrogen and oxygen atoms in total. The molecule has 1 heterocycles. The van der Waals surface area contributed by atoms with Crippen molar-refractivity contribution in [3.8, 4) is 0 Å². The summed E-state index contributed by atoms with van der Waals surface area (Å²) >= 11 is 0. The minimum atomic E-state index is -0.527. The largest absolute Gasteiger partial charge is 0.337 e. The van der Waals surface area contributed by atoms with Crippen molar-refractivity contribution in [1.29, 1.82) is 0 Å². The summed E-state index contributed by atoms with van der Waals surface area (Å²) in [6.07, 6.45) is 1.35. The van der Waals surface area contributed by atoms with Gasteiger partial charge in [-0.25, -0.2) is 0 Å². The Morgan fingerprint density at radius 2 is 2.10 bits per heavy atom. The summed E-state index contributed by atoms with van der Waals surface area (Å²) < 4.78 is 0. The zero-order valence-electron chi connectivity index (χ0n) is 7.57. The van der Waals surface area contributed by atoms with Crippen molar-refractivity contribution in [2.24, 2.45) is 5.41 Å². The number of hydrogen-bond donors (Lipinski definition) is 1. The molecule has 0 aromatic carbocycles. The van der Waals surface area contributed by atoms with Crippen LogP contribution < -0.4 is 4.98 Å². The fraction of sp³-hybridized carbons (Fsp3) is 1.00. The molecule has 1 rings (SSSR count). The molecule has 60 valence electrons. The molecule has 0 saturated carbocycles. The van der Waals surface area contributed by atoms with Gasteiger partial charge in [-0.15, -0.1) is 0 Å². The van der Waals surface area contributed by atoms with Crippen molar-refractivity contribution < 1.29 is 0 Å². The second kappa shape index (κ2) is 2.66. The Morgan fingerprint density at radius 3 is 2.50 bits per heavy atom. The molecule has 0 aromatic heterocycles. The van der Waals surface area contributed by atoms with Gasteiger partial charge in [0, 0.05) is 0 Å². The van der Waals surface area contributed by atoms with E-state index in [0.29, 0.717) is 5.41 Å². The summed E-state index contributed by atoms with van der Waals surface area (Å²) in [5, 5.41) is 0. The van der Waals surface area contributed by atoms with Crippen LogP contribution in [0.25, 0.3) is 0 Å². The van der Waals surface area contributed by atoms with Crippen LogP contribution in [-0.4, -0.2) is 15.0 Å². The zero-order chi connectivity index (χ0) is 7.78. The molecule has 0 aromatic rings. The highest BCUT2D eigenvalue weighted by molar-refractivity contribution is 6.55. The first-order valence-corrected chi connectivity index (χ1v) is 6.80. The molecule has 0 amide bonds. The topological polar surface area (TPSA) is 12.0 Å². The first kappa shape index (κ1) is 8.28. The third-order valence-electron chi connectivity index (χ3n) is 2.29. The summed E-state index contributed by atoms with van der Waals surface area (Å²) in [7, 11) is -0.527. The van der Waals surface area contributed by atoms with Gasteiger partial charge in [-0.2, -0.15) is 0 Å². The molecule has 1 saturated heterocycles. The molecule has 1 fully saturated rings. The Kier molecular flexibility index (Phi) is 2.20. The molecule has 2 unspecified atom stereocenters. The third kappa shape index (κ3) is 2.10. The lowest BCUT2D eigenvalue weighted by Crippen LogP contribution is -2.48. The van der Waals surface area contributed by atoms with Gasteiger partial charge in [-0.1, -0.05) is 27.3 Å². The molecule has 0 radical (unpaired) electrons. The minimum Gasteiger partial charge on any atom is -0.337 e. The van der Waals surface area contributed by atoms with Gasteiger partial charge in [0.05, 0.1) is 0 Å². The second-order valence-corrected chi connectivity index (χ2v) is 7.08. The summed E-state index contributed by atoms with van der Waals surface area (Å²) in [4.78, 5) is 3.67. The van der Waals surface area contributed by atoms with Crippen LogP contribution in [0.5, 0.6) is 0 Å². The molecule has 1 aliphatic rings. The van der Waals surface area contributed by atoms with E-state index in [1.54, 1.807) is 0 Å². The van der Waals surface area contributed by atoms with Crippen LogP contribution in [0.1, 0.15) is 27.2 Å². The van der Waals surface area contributed by atoms with Crippen LogP contribution in [0.15, 0.2) is 0 Å². The molecular weight excluding hydrogens is 138 g/mol. The van der Waals surface area contributed by atoms with Crippen LogP contribution in [0.3, 0.4) is 0 Å². The summed E-state index contributed by atoms with van der Waals surface area (Å²) in [6.45, 7) is 9.52. The van der Waals surface area contributed by atoms with Crippen molar-refractivity contribution in [3.05, 3.63) is 0 Å². The number of rotatable bonds is 0. The molecule has 1 N–H and O–H groups in total. The Hall–Kier alpha value is 0.177. The van der Waals surface area contributed by atoms with Crippen molar-refractivity contribution in [3.63, 3.8) is 0 Å². The highest BCUT2D eigenvalue weighted by atomic mass is 28.3. The summed E-state index contributed by atoms with van der Waals surface area (Å²) in [5.41, 5.74) is 0.621. The van der Waals surface area contributed by atoms with Crippen LogP contribution in [-0.2, 0) is 0 Å². The van der Waals surface area contributed by atoms with E-state index in [9.17, 15) is 0 Å². The zero-order valence-corrected chi connectivity index (χ0v) is 8.72. The molecule has 1 aliphatic heterocycles. The third-order valence-corrected chi connectivity index (χ3v) is 5.14. The van der Waals surface area contributed by atoms with E-state index in [1.807, 2.05) is 0 Å². The normalized spacial score (nSPS) is 39.6. The maximum absolute atomic E-state index is 3.67. The molecule has 2 heteroatoms. The standard InChI is InChI=1S/C8H19NSi/c1-7-5-8(2,3)6-10(4)9-7/h7,9-10H,5-6H2,1-4H3. The van der Waals surface area contributed by atoms with Gasteiger partial charge in [-0.05, 0) is 23.9 Å². The highest BCUT2D eigenvalue weighted by Gasteiger charge is 2.29. The highest BCUT2D eigenvalue weighted by Crippen LogP contribution is 2.31. The van der Waals surface area contributed by atoms with E-state index in [2.05, 4.69) is 32.3 Å². The smallest absolute Gasteiger partial charge is 0.106 e. The van der Waals surface area contributed by atoms with E-state index < -0.39 is 8.96 Å². The quantitative estimate of drug-likeness (QED) is 0.528. The predicted molar refractivity (Wildman–Crippen MR) is 48.8 cm³/mol. The molecule has 0 aliphatic carbocycles. The lowest BCUT2D eigenvalue weighted by atomic mass is 9.88. The Balaban J connectivity index is 2.51. The first-order chi connectivity index (χ1) is 4.49. The van der Waals surface area contributed by atoms with Crippen molar-refractivity contribution >= 4 is 8.96 Å². The van der Waals surface area contributed by atoms with Gasteiger partial charge in [0.25, 0.3) is 0 Å². The van der Waals surface area contributed by atoms with E-state index in [0.717, 1.165) is 6.04 Å². The number of hydrogen-bond acceptors (Lipinski definition) is 1. The van der Waals surface area contributed by atoms with E-state index in [-0.39, 0.29) is 0 Å². The SMILES string of the molecule is CC1CC(C)(C)C[SiH](C)N1. The van der Waals surface area contributed by atoms with Gasteiger partial charge in [0.15, 0.2) is 0 Å². The van der Waals surface area contributed by atoms with Crippen molar-refractivity contribution in [1.82, 2.24) is 4.98 Å². The molecule has 10 heavy (non-hydrogen) atoms. The fourth-order valence-corrected chi connectivity index (χ4v) is 5.38. The van der Waals surface area contributed by atoms with Crippen LogP contribution in [0.2, 0.25) is 12.6 Å². The van der Waals surface area contributed by atoms with Gasteiger partial charge in [0.1, 0.15) is 8.96 Å². The predicted octanol–water partition coefficient (Wildman–Crippen LogP) is 1.75. The Labute approximate surface area is 65.9 Å². The fourth-order valence-electron chi connectivity index (χ4n) is 2.34. The Morgan fingerprint density at radius 1 is 1.50 bits per heavy atom. The number of nitrogens with one attached hydrogen (secondary N) is 1. The second-order valence-electron chi connectivity index (χ2n) is 4.54. The molecular formula is C8H19NSi. The van der Waals surface area contributed by atoms with Gasteiger partial charge in [0.2, 0.25) is 0 Å². The molecule has 2 atom stereocenters. The van der Waals surface area contributed by atoms with Gasteiger partial charge >= 0.3 is 0 Å². The summed E-state index contributed by atoms with van der Waals surface area (Å²) in [6, 6.07) is 2.22. The first-order valence-electron chi connectivity index (χ1n) is 4.26.